The summed E-state index contributed by atoms with van der Waals surface area (Å²) in [6.07, 6.45) is 8.98. The highest BCUT2D eigenvalue weighted by molar-refractivity contribution is 5.38. The predicted octanol–water partition coefficient (Wildman–Crippen LogP) is 2.09. The molecule has 0 bridgehead atoms. The third-order valence-corrected chi connectivity index (χ3v) is 4.02. The van der Waals surface area contributed by atoms with Crippen molar-refractivity contribution in [1.82, 2.24) is 24.5 Å². The molecule has 21 heavy (non-hydrogen) atoms. The SMILES string of the molecule is CCNc1nc(NCC2(CC)CC2)nc(-n2ccnc2)n1. The lowest BCUT2D eigenvalue weighted by molar-refractivity contribution is 0.519. The summed E-state index contributed by atoms with van der Waals surface area (Å²) in [5.74, 6) is 1.77. The Hall–Kier alpha value is -2.18. The number of hydrogen-bond donors (Lipinski definition) is 2. The average Bonchev–Trinajstić information content (AvgIpc) is 3.07. The summed E-state index contributed by atoms with van der Waals surface area (Å²) in [5.41, 5.74) is 0.445. The third-order valence-electron chi connectivity index (χ3n) is 4.02. The molecule has 0 amide bonds. The molecule has 2 heterocycles. The molecule has 0 aliphatic heterocycles. The molecular weight excluding hydrogens is 266 g/mol. The van der Waals surface area contributed by atoms with Gasteiger partial charge in [0.2, 0.25) is 17.8 Å². The fraction of sp³-hybridized carbons (Fsp3) is 0.571. The third kappa shape index (κ3) is 3.12. The van der Waals surface area contributed by atoms with Crippen molar-refractivity contribution in [3.05, 3.63) is 18.7 Å². The molecule has 1 fully saturated rings. The highest BCUT2D eigenvalue weighted by Gasteiger charge is 2.40. The Balaban J connectivity index is 1.81. The van der Waals surface area contributed by atoms with Crippen molar-refractivity contribution in [1.29, 1.82) is 0 Å². The summed E-state index contributed by atoms with van der Waals surface area (Å²) in [6, 6.07) is 0. The van der Waals surface area contributed by atoms with Crippen LogP contribution in [0, 0.1) is 5.41 Å². The molecule has 0 aromatic carbocycles. The first kappa shape index (κ1) is 13.8. The summed E-state index contributed by atoms with van der Waals surface area (Å²) >= 11 is 0. The van der Waals surface area contributed by atoms with Crippen LogP contribution < -0.4 is 10.6 Å². The van der Waals surface area contributed by atoms with E-state index in [4.69, 9.17) is 0 Å². The van der Waals surface area contributed by atoms with Crippen molar-refractivity contribution >= 4 is 11.9 Å². The van der Waals surface area contributed by atoms with Gasteiger partial charge in [-0.2, -0.15) is 15.0 Å². The molecule has 0 unspecified atom stereocenters. The molecule has 1 aliphatic carbocycles. The molecule has 2 N–H and O–H groups in total. The molecule has 1 saturated carbocycles. The van der Waals surface area contributed by atoms with Crippen LogP contribution in [-0.2, 0) is 0 Å². The van der Waals surface area contributed by atoms with Crippen molar-refractivity contribution in [2.45, 2.75) is 33.1 Å². The standard InChI is InChI=1S/C14H21N7/c1-3-14(5-6-14)9-17-12-18-11(16-4-2)19-13(20-12)21-8-7-15-10-21/h7-8,10H,3-6,9H2,1-2H3,(H2,16,17,18,19,20). The molecule has 2 aromatic heterocycles. The van der Waals surface area contributed by atoms with Gasteiger partial charge < -0.3 is 10.6 Å². The summed E-state index contributed by atoms with van der Waals surface area (Å²) in [4.78, 5) is 17.3. The summed E-state index contributed by atoms with van der Waals surface area (Å²) in [5, 5.41) is 6.50. The number of anilines is 2. The summed E-state index contributed by atoms with van der Waals surface area (Å²) in [7, 11) is 0. The Labute approximate surface area is 124 Å². The molecule has 7 nitrogen and oxygen atoms in total. The average molecular weight is 287 g/mol. The molecule has 3 rings (SSSR count). The molecule has 2 aromatic rings. The fourth-order valence-corrected chi connectivity index (χ4v) is 2.27. The highest BCUT2D eigenvalue weighted by Crippen LogP contribution is 2.48. The Bertz CT molecular complexity index is 589. The normalized spacial score (nSPS) is 15.7. The Morgan fingerprint density at radius 3 is 2.48 bits per heavy atom. The zero-order chi connectivity index (χ0) is 14.7. The lowest BCUT2D eigenvalue weighted by Crippen LogP contribution is -2.18. The number of rotatable bonds is 7. The van der Waals surface area contributed by atoms with E-state index in [1.807, 2.05) is 13.1 Å². The zero-order valence-electron chi connectivity index (χ0n) is 12.5. The van der Waals surface area contributed by atoms with Gasteiger partial charge in [0.1, 0.15) is 6.33 Å². The molecule has 7 heteroatoms. The maximum atomic E-state index is 4.47. The van der Waals surface area contributed by atoms with Gasteiger partial charge in [0.05, 0.1) is 0 Å². The first-order valence-electron chi connectivity index (χ1n) is 7.47. The van der Waals surface area contributed by atoms with Crippen LogP contribution in [0.5, 0.6) is 0 Å². The van der Waals surface area contributed by atoms with E-state index >= 15 is 0 Å². The molecule has 0 spiro atoms. The molecule has 0 saturated heterocycles. The Morgan fingerprint density at radius 1 is 1.14 bits per heavy atom. The van der Waals surface area contributed by atoms with E-state index in [-0.39, 0.29) is 0 Å². The largest absolute Gasteiger partial charge is 0.354 e. The van der Waals surface area contributed by atoms with Crippen LogP contribution in [0.15, 0.2) is 18.7 Å². The Morgan fingerprint density at radius 2 is 1.90 bits per heavy atom. The van der Waals surface area contributed by atoms with Gasteiger partial charge in [-0.3, -0.25) is 4.57 Å². The van der Waals surface area contributed by atoms with E-state index in [1.165, 1.54) is 19.3 Å². The van der Waals surface area contributed by atoms with Crippen LogP contribution in [0.3, 0.4) is 0 Å². The molecule has 112 valence electrons. The lowest BCUT2D eigenvalue weighted by atomic mass is 10.0. The molecular formula is C14H21N7. The van der Waals surface area contributed by atoms with E-state index in [1.54, 1.807) is 17.1 Å². The first-order valence-corrected chi connectivity index (χ1v) is 7.47. The van der Waals surface area contributed by atoms with Crippen LogP contribution in [-0.4, -0.2) is 37.6 Å². The van der Waals surface area contributed by atoms with Crippen molar-refractivity contribution in [3.63, 3.8) is 0 Å². The van der Waals surface area contributed by atoms with Crippen LogP contribution >= 0.6 is 0 Å². The maximum absolute atomic E-state index is 4.47. The molecule has 0 atom stereocenters. The number of nitrogens with one attached hydrogen (secondary N) is 2. The minimum absolute atomic E-state index is 0.445. The van der Waals surface area contributed by atoms with Crippen molar-refractivity contribution in [3.8, 4) is 5.95 Å². The molecule has 1 aliphatic rings. The number of nitrogens with zero attached hydrogens (tertiary/aromatic N) is 5. The Kier molecular flexibility index (Phi) is 3.72. The van der Waals surface area contributed by atoms with Crippen molar-refractivity contribution in [2.24, 2.45) is 5.41 Å². The molecule has 0 radical (unpaired) electrons. The van der Waals surface area contributed by atoms with Crippen LogP contribution in [0.2, 0.25) is 0 Å². The zero-order valence-corrected chi connectivity index (χ0v) is 12.5. The van der Waals surface area contributed by atoms with E-state index in [0.29, 0.717) is 23.3 Å². The van der Waals surface area contributed by atoms with Gasteiger partial charge in [0.15, 0.2) is 0 Å². The van der Waals surface area contributed by atoms with Gasteiger partial charge in [-0.25, -0.2) is 4.98 Å². The minimum Gasteiger partial charge on any atom is -0.354 e. The second-order valence-corrected chi connectivity index (χ2v) is 5.49. The van der Waals surface area contributed by atoms with Gasteiger partial charge in [0, 0.05) is 25.5 Å². The smallest absolute Gasteiger partial charge is 0.241 e. The van der Waals surface area contributed by atoms with E-state index < -0.39 is 0 Å². The lowest BCUT2D eigenvalue weighted by Gasteiger charge is -2.14. The second kappa shape index (κ2) is 5.67. The van der Waals surface area contributed by atoms with Gasteiger partial charge >= 0.3 is 0 Å². The van der Waals surface area contributed by atoms with Crippen LogP contribution in [0.1, 0.15) is 33.1 Å². The topological polar surface area (TPSA) is 80.5 Å². The highest BCUT2D eigenvalue weighted by atomic mass is 15.3. The fourth-order valence-electron chi connectivity index (χ4n) is 2.27. The quantitative estimate of drug-likeness (QED) is 0.811. The van der Waals surface area contributed by atoms with Crippen molar-refractivity contribution in [2.75, 3.05) is 23.7 Å². The summed E-state index contributed by atoms with van der Waals surface area (Å²) < 4.78 is 1.78. The van der Waals surface area contributed by atoms with Gasteiger partial charge in [-0.05, 0) is 31.6 Å². The van der Waals surface area contributed by atoms with Gasteiger partial charge in [-0.1, -0.05) is 6.92 Å². The van der Waals surface area contributed by atoms with E-state index in [2.05, 4.69) is 37.5 Å². The van der Waals surface area contributed by atoms with Crippen molar-refractivity contribution < 1.29 is 0 Å². The minimum atomic E-state index is 0.445. The summed E-state index contributed by atoms with van der Waals surface area (Å²) in [6.45, 7) is 5.95. The first-order chi connectivity index (χ1) is 10.2. The van der Waals surface area contributed by atoms with Crippen LogP contribution in [0.4, 0.5) is 11.9 Å². The van der Waals surface area contributed by atoms with Gasteiger partial charge in [-0.15, -0.1) is 0 Å². The number of hydrogen-bond acceptors (Lipinski definition) is 6. The number of imidazole rings is 1. The van der Waals surface area contributed by atoms with Gasteiger partial charge in [0.25, 0.3) is 0 Å². The van der Waals surface area contributed by atoms with E-state index in [9.17, 15) is 0 Å². The second-order valence-electron chi connectivity index (χ2n) is 5.49. The van der Waals surface area contributed by atoms with Crippen LogP contribution in [0.25, 0.3) is 5.95 Å². The number of aromatic nitrogens is 5. The van der Waals surface area contributed by atoms with E-state index in [0.717, 1.165) is 13.1 Å². The monoisotopic (exact) mass is 287 g/mol. The predicted molar refractivity (Wildman–Crippen MR) is 81.6 cm³/mol. The maximum Gasteiger partial charge on any atom is 0.241 e.